The van der Waals surface area contributed by atoms with Crippen molar-refractivity contribution in [2.75, 3.05) is 13.2 Å². The van der Waals surface area contributed by atoms with Crippen LogP contribution in [0.1, 0.15) is 78.6 Å². The zero-order chi connectivity index (χ0) is 21.8. The lowest BCUT2D eigenvalue weighted by Gasteiger charge is -2.19. The van der Waals surface area contributed by atoms with Crippen LogP contribution in [-0.2, 0) is 4.79 Å². The van der Waals surface area contributed by atoms with Gasteiger partial charge in [0.25, 0.3) is 0 Å². The monoisotopic (exact) mass is 405 g/mol. The molecule has 1 amide bonds. The van der Waals surface area contributed by atoms with Gasteiger partial charge in [0.05, 0.1) is 6.61 Å². The molecule has 1 atom stereocenters. The van der Waals surface area contributed by atoms with Crippen molar-refractivity contribution in [1.82, 2.24) is 5.32 Å². The second-order valence-electron chi connectivity index (χ2n) is 8.24. The third kappa shape index (κ3) is 19.4. The molecule has 0 bridgehead atoms. The molecule has 0 heterocycles. The Morgan fingerprint density at radius 2 is 1.48 bits per heavy atom. The first-order chi connectivity index (χ1) is 13.9. The van der Waals surface area contributed by atoms with Gasteiger partial charge in [0.2, 0.25) is 5.91 Å². The van der Waals surface area contributed by atoms with Gasteiger partial charge < -0.3 is 15.5 Å². The zero-order valence-electron chi connectivity index (χ0n) is 18.8. The molecule has 166 valence electrons. The van der Waals surface area contributed by atoms with Crippen LogP contribution in [0.2, 0.25) is 0 Å². The summed E-state index contributed by atoms with van der Waals surface area (Å²) >= 11 is 0. The molecular weight excluding hydrogens is 362 g/mol. The number of nitrogens with one attached hydrogen (secondary N) is 1. The Hall–Kier alpha value is -1.65. The van der Waals surface area contributed by atoms with Crippen molar-refractivity contribution in [3.63, 3.8) is 0 Å². The van der Waals surface area contributed by atoms with Crippen molar-refractivity contribution < 1.29 is 15.0 Å². The Labute approximate surface area is 178 Å². The van der Waals surface area contributed by atoms with Crippen LogP contribution < -0.4 is 5.32 Å². The molecule has 0 rings (SSSR count). The van der Waals surface area contributed by atoms with Gasteiger partial charge in [-0.2, -0.15) is 0 Å². The van der Waals surface area contributed by atoms with E-state index in [0.29, 0.717) is 6.42 Å². The van der Waals surface area contributed by atoms with Gasteiger partial charge in [0, 0.05) is 19.1 Å². The van der Waals surface area contributed by atoms with E-state index >= 15 is 0 Å². The normalized spacial score (nSPS) is 14.0. The number of hydrogen-bond donors (Lipinski definition) is 3. The molecule has 0 aliphatic rings. The van der Waals surface area contributed by atoms with Crippen LogP contribution in [-0.4, -0.2) is 35.4 Å². The van der Waals surface area contributed by atoms with Gasteiger partial charge in [-0.25, -0.2) is 0 Å². The first kappa shape index (κ1) is 27.4. The molecule has 0 unspecified atom stereocenters. The van der Waals surface area contributed by atoms with Crippen molar-refractivity contribution in [1.29, 1.82) is 0 Å². The van der Waals surface area contributed by atoms with Crippen LogP contribution in [0, 0.1) is 5.41 Å². The summed E-state index contributed by atoms with van der Waals surface area (Å²) < 4.78 is 0. The molecule has 4 nitrogen and oxygen atoms in total. The third-order valence-electron chi connectivity index (χ3n) is 4.57. The highest BCUT2D eigenvalue weighted by molar-refractivity contribution is 5.76. The van der Waals surface area contributed by atoms with Gasteiger partial charge in [-0.3, -0.25) is 4.79 Å². The summed E-state index contributed by atoms with van der Waals surface area (Å²) in [6, 6.07) is -0.164. The van der Waals surface area contributed by atoms with E-state index in [-0.39, 0.29) is 30.6 Å². The number of carbonyl (C=O) groups excluding carboxylic acids is 1. The number of allylic oxidation sites excluding steroid dienone is 8. The summed E-state index contributed by atoms with van der Waals surface area (Å²) in [5.41, 5.74) is 0.205. The summed E-state index contributed by atoms with van der Waals surface area (Å²) in [5.74, 6) is 0.00624. The maximum atomic E-state index is 11.5. The van der Waals surface area contributed by atoms with Crippen LogP contribution in [0.15, 0.2) is 48.6 Å². The van der Waals surface area contributed by atoms with Crippen molar-refractivity contribution in [2.45, 2.75) is 84.6 Å². The average Bonchev–Trinajstić information content (AvgIpc) is 2.68. The number of rotatable bonds is 17. The molecule has 0 aliphatic heterocycles. The van der Waals surface area contributed by atoms with Crippen molar-refractivity contribution >= 4 is 5.91 Å². The van der Waals surface area contributed by atoms with Gasteiger partial charge >= 0.3 is 0 Å². The van der Waals surface area contributed by atoms with Crippen LogP contribution in [0.5, 0.6) is 0 Å². The summed E-state index contributed by atoms with van der Waals surface area (Å²) in [6.45, 7) is 6.55. The topological polar surface area (TPSA) is 69.6 Å². The largest absolute Gasteiger partial charge is 0.396 e. The highest BCUT2D eigenvalue weighted by Gasteiger charge is 2.12. The van der Waals surface area contributed by atoms with Crippen molar-refractivity contribution in [3.05, 3.63) is 48.6 Å². The standard InChI is InChI=1S/C25H43NO3/c1-23(22-28)26-24(29)18-14-12-10-8-6-4-5-7-9-11-13-15-19-25(2,3)20-16-17-21-27/h4-5,8-11,15,19,23,27-28H,6-7,12-14,16-18,20-22H2,1-3H3,(H,26,29)/t23-/m1/s1. The summed E-state index contributed by atoms with van der Waals surface area (Å²) in [6.07, 6.45) is 25.6. The maximum Gasteiger partial charge on any atom is 0.220 e. The Morgan fingerprint density at radius 1 is 0.897 bits per heavy atom. The average molecular weight is 406 g/mol. The quantitative estimate of drug-likeness (QED) is 0.229. The molecule has 29 heavy (non-hydrogen) atoms. The minimum atomic E-state index is -0.164. The predicted molar refractivity (Wildman–Crippen MR) is 124 cm³/mol. The molecular formula is C25H43NO3. The molecule has 0 spiro atoms. The van der Waals surface area contributed by atoms with Crippen LogP contribution in [0.4, 0.5) is 0 Å². The van der Waals surface area contributed by atoms with Crippen LogP contribution in [0.3, 0.4) is 0 Å². The van der Waals surface area contributed by atoms with Crippen molar-refractivity contribution in [3.8, 4) is 0 Å². The second-order valence-corrected chi connectivity index (χ2v) is 8.24. The van der Waals surface area contributed by atoms with Crippen molar-refractivity contribution in [2.24, 2.45) is 5.41 Å². The molecule has 0 radical (unpaired) electrons. The lowest BCUT2D eigenvalue weighted by Crippen LogP contribution is -2.34. The van der Waals surface area contributed by atoms with E-state index < -0.39 is 0 Å². The molecule has 0 aliphatic carbocycles. The Bertz CT molecular complexity index is 518. The highest BCUT2D eigenvalue weighted by atomic mass is 16.3. The minimum Gasteiger partial charge on any atom is -0.396 e. The molecule has 0 aromatic carbocycles. The Kier molecular flexibility index (Phi) is 17.3. The predicted octanol–water partition coefficient (Wildman–Crippen LogP) is 5.24. The lowest BCUT2D eigenvalue weighted by molar-refractivity contribution is -0.122. The summed E-state index contributed by atoms with van der Waals surface area (Å²) in [7, 11) is 0. The smallest absolute Gasteiger partial charge is 0.220 e. The van der Waals surface area contributed by atoms with E-state index in [4.69, 9.17) is 10.2 Å². The SMILES string of the molecule is C[C@H](CO)NC(=O)CCCC=CCC=CCC=CCC=CC(C)(C)CCCCO. The zero-order valence-corrected chi connectivity index (χ0v) is 18.8. The van der Waals surface area contributed by atoms with Gasteiger partial charge in [-0.05, 0) is 57.3 Å². The van der Waals surface area contributed by atoms with Crippen LogP contribution >= 0.6 is 0 Å². The number of carbonyl (C=O) groups is 1. The summed E-state index contributed by atoms with van der Waals surface area (Å²) in [5, 5.41) is 20.5. The number of unbranched alkanes of at least 4 members (excludes halogenated alkanes) is 2. The van der Waals surface area contributed by atoms with E-state index in [9.17, 15) is 4.79 Å². The summed E-state index contributed by atoms with van der Waals surface area (Å²) in [4.78, 5) is 11.5. The number of aliphatic hydroxyl groups excluding tert-OH is 2. The number of amides is 1. The second kappa shape index (κ2) is 18.4. The van der Waals surface area contributed by atoms with Crippen LogP contribution in [0.25, 0.3) is 0 Å². The molecule has 0 aromatic rings. The molecule has 0 aromatic heterocycles. The fourth-order valence-electron chi connectivity index (χ4n) is 2.77. The fourth-order valence-corrected chi connectivity index (χ4v) is 2.77. The highest BCUT2D eigenvalue weighted by Crippen LogP contribution is 2.24. The molecule has 3 N–H and O–H groups in total. The number of aliphatic hydroxyl groups is 2. The first-order valence-electron chi connectivity index (χ1n) is 11.0. The fraction of sp³-hybridized carbons (Fsp3) is 0.640. The maximum absolute atomic E-state index is 11.5. The van der Waals surface area contributed by atoms with Gasteiger partial charge in [-0.15, -0.1) is 0 Å². The van der Waals surface area contributed by atoms with E-state index in [0.717, 1.165) is 51.4 Å². The van der Waals surface area contributed by atoms with E-state index in [1.807, 2.05) is 0 Å². The lowest BCUT2D eigenvalue weighted by atomic mass is 9.86. The molecule has 0 fully saturated rings. The Balaban J connectivity index is 3.71. The number of hydrogen-bond acceptors (Lipinski definition) is 3. The molecule has 4 heteroatoms. The van der Waals surface area contributed by atoms with Gasteiger partial charge in [-0.1, -0.05) is 68.9 Å². The van der Waals surface area contributed by atoms with Gasteiger partial charge in [0.15, 0.2) is 0 Å². The molecule has 0 saturated carbocycles. The third-order valence-corrected chi connectivity index (χ3v) is 4.57. The van der Waals surface area contributed by atoms with Gasteiger partial charge in [0.1, 0.15) is 0 Å². The Morgan fingerprint density at radius 3 is 2.07 bits per heavy atom. The van der Waals surface area contributed by atoms with E-state index in [1.165, 1.54) is 0 Å². The minimum absolute atomic E-state index is 0.00624. The molecule has 0 saturated heterocycles. The van der Waals surface area contributed by atoms with E-state index in [2.05, 4.69) is 67.8 Å². The first-order valence-corrected chi connectivity index (χ1v) is 11.0. The van der Waals surface area contributed by atoms with E-state index in [1.54, 1.807) is 6.92 Å².